The molecule has 0 radical (unpaired) electrons. The number of halogens is 2. The van der Waals surface area contributed by atoms with Gasteiger partial charge in [-0.3, -0.25) is 4.99 Å². The van der Waals surface area contributed by atoms with E-state index in [4.69, 9.17) is 0 Å². The third kappa shape index (κ3) is 4.97. The van der Waals surface area contributed by atoms with Gasteiger partial charge < -0.3 is 10.2 Å². The third-order valence-electron chi connectivity index (χ3n) is 4.00. The highest BCUT2D eigenvalue weighted by molar-refractivity contribution is 5.80. The molecule has 1 fully saturated rings. The van der Waals surface area contributed by atoms with Gasteiger partial charge in [-0.25, -0.2) is 8.78 Å². The molecule has 1 aliphatic heterocycles. The van der Waals surface area contributed by atoms with E-state index in [-0.39, 0.29) is 0 Å². The Hall–Kier alpha value is -1.65. The van der Waals surface area contributed by atoms with Crippen LogP contribution in [0.1, 0.15) is 32.3 Å². The van der Waals surface area contributed by atoms with Crippen molar-refractivity contribution in [1.82, 2.24) is 10.2 Å². The van der Waals surface area contributed by atoms with Crippen molar-refractivity contribution in [1.29, 1.82) is 0 Å². The highest BCUT2D eigenvalue weighted by atomic mass is 19.1. The van der Waals surface area contributed by atoms with Gasteiger partial charge in [0, 0.05) is 32.2 Å². The van der Waals surface area contributed by atoms with Crippen molar-refractivity contribution < 1.29 is 8.78 Å². The first-order valence-electron chi connectivity index (χ1n) is 8.06. The predicted octanol–water partition coefficient (Wildman–Crippen LogP) is 3.20. The minimum atomic E-state index is -0.532. The maximum Gasteiger partial charge on any atom is 0.193 e. The lowest BCUT2D eigenvalue weighted by Crippen LogP contribution is -2.45. The monoisotopic (exact) mass is 309 g/mol. The van der Waals surface area contributed by atoms with E-state index in [1.165, 1.54) is 25.0 Å². The average molecular weight is 309 g/mol. The van der Waals surface area contributed by atoms with Gasteiger partial charge in [-0.15, -0.1) is 0 Å². The van der Waals surface area contributed by atoms with Crippen LogP contribution in [0.25, 0.3) is 0 Å². The second-order valence-corrected chi connectivity index (χ2v) is 5.93. The fourth-order valence-electron chi connectivity index (χ4n) is 2.69. The van der Waals surface area contributed by atoms with Crippen LogP contribution in [0.3, 0.4) is 0 Å². The van der Waals surface area contributed by atoms with Gasteiger partial charge >= 0.3 is 0 Å². The Morgan fingerprint density at radius 1 is 1.23 bits per heavy atom. The summed E-state index contributed by atoms with van der Waals surface area (Å²) < 4.78 is 26.3. The number of guanidine groups is 1. The summed E-state index contributed by atoms with van der Waals surface area (Å²) in [6, 6.07) is 3.63. The quantitative estimate of drug-likeness (QED) is 0.683. The summed E-state index contributed by atoms with van der Waals surface area (Å²) in [5.41, 5.74) is 0.643. The van der Waals surface area contributed by atoms with Crippen LogP contribution in [0.2, 0.25) is 0 Å². The summed E-state index contributed by atoms with van der Waals surface area (Å²) in [6.07, 6.45) is 2.90. The molecule has 0 bridgehead atoms. The number of hydrogen-bond acceptors (Lipinski definition) is 1. The number of piperidine rings is 1. The second kappa shape index (κ2) is 8.11. The normalized spacial score (nSPS) is 16.9. The molecule has 3 nitrogen and oxygen atoms in total. The van der Waals surface area contributed by atoms with E-state index >= 15 is 0 Å². The van der Waals surface area contributed by atoms with Gasteiger partial charge in [0.1, 0.15) is 11.6 Å². The maximum absolute atomic E-state index is 13.2. The van der Waals surface area contributed by atoms with E-state index in [1.807, 2.05) is 6.92 Å². The van der Waals surface area contributed by atoms with Crippen LogP contribution in [0, 0.1) is 17.6 Å². The van der Waals surface area contributed by atoms with Crippen molar-refractivity contribution in [2.75, 3.05) is 26.2 Å². The average Bonchev–Trinajstić information content (AvgIpc) is 2.46. The zero-order chi connectivity index (χ0) is 15.9. The Labute approximate surface area is 131 Å². The highest BCUT2D eigenvalue weighted by Gasteiger charge is 2.18. The predicted molar refractivity (Wildman–Crippen MR) is 86.0 cm³/mol. The summed E-state index contributed by atoms with van der Waals surface area (Å²) in [5.74, 6) is 0.618. The molecular formula is C17H25F2N3. The zero-order valence-electron chi connectivity index (χ0n) is 13.4. The molecule has 122 valence electrons. The molecular weight excluding hydrogens is 284 g/mol. The highest BCUT2D eigenvalue weighted by Crippen LogP contribution is 2.16. The molecule has 22 heavy (non-hydrogen) atoms. The smallest absolute Gasteiger partial charge is 0.193 e. The number of likely N-dealkylation sites (tertiary alicyclic amines) is 1. The van der Waals surface area contributed by atoms with Crippen molar-refractivity contribution in [3.8, 4) is 0 Å². The summed E-state index contributed by atoms with van der Waals surface area (Å²) in [5, 5.41) is 3.30. The maximum atomic E-state index is 13.2. The van der Waals surface area contributed by atoms with E-state index < -0.39 is 11.6 Å². The van der Waals surface area contributed by atoms with Crippen molar-refractivity contribution in [2.24, 2.45) is 10.9 Å². The van der Waals surface area contributed by atoms with E-state index in [1.54, 1.807) is 0 Å². The molecule has 0 spiro atoms. The van der Waals surface area contributed by atoms with Gasteiger partial charge in [-0.05, 0) is 49.8 Å². The van der Waals surface area contributed by atoms with Crippen molar-refractivity contribution in [3.05, 3.63) is 35.4 Å². The molecule has 0 saturated carbocycles. The van der Waals surface area contributed by atoms with Crippen LogP contribution in [-0.4, -0.2) is 37.0 Å². The zero-order valence-corrected chi connectivity index (χ0v) is 13.4. The van der Waals surface area contributed by atoms with Gasteiger partial charge in [0.25, 0.3) is 0 Å². The fraction of sp³-hybridized carbons (Fsp3) is 0.588. The largest absolute Gasteiger partial charge is 0.357 e. The van der Waals surface area contributed by atoms with Crippen LogP contribution in [0.5, 0.6) is 0 Å². The summed E-state index contributed by atoms with van der Waals surface area (Å²) >= 11 is 0. The molecule has 0 amide bonds. The second-order valence-electron chi connectivity index (χ2n) is 5.93. The number of benzene rings is 1. The van der Waals surface area contributed by atoms with E-state index in [9.17, 15) is 8.78 Å². The first-order chi connectivity index (χ1) is 10.6. The third-order valence-corrected chi connectivity index (χ3v) is 4.00. The molecule has 1 N–H and O–H groups in total. The lowest BCUT2D eigenvalue weighted by molar-refractivity contribution is 0.273. The molecule has 1 heterocycles. The van der Waals surface area contributed by atoms with Crippen LogP contribution in [-0.2, 0) is 6.42 Å². The van der Waals surface area contributed by atoms with Crippen LogP contribution >= 0.6 is 0 Å². The minimum Gasteiger partial charge on any atom is -0.357 e. The standard InChI is InChI=1S/C17H25F2N3/c1-3-20-17(22-8-5-13(2)6-9-22)21-7-4-14-10-15(18)12-16(19)11-14/h10-13H,3-9H2,1-2H3,(H,20,21). The van der Waals surface area contributed by atoms with Crippen LogP contribution in [0.15, 0.2) is 23.2 Å². The summed E-state index contributed by atoms with van der Waals surface area (Å²) in [7, 11) is 0. The lowest BCUT2D eigenvalue weighted by Gasteiger charge is -2.33. The molecule has 1 aliphatic rings. The number of rotatable bonds is 4. The Morgan fingerprint density at radius 3 is 2.45 bits per heavy atom. The van der Waals surface area contributed by atoms with Gasteiger partial charge in [-0.1, -0.05) is 6.92 Å². The molecule has 0 unspecified atom stereocenters. The van der Waals surface area contributed by atoms with Crippen LogP contribution in [0.4, 0.5) is 8.78 Å². The number of hydrogen-bond donors (Lipinski definition) is 1. The molecule has 1 aromatic carbocycles. The Morgan fingerprint density at radius 2 is 1.86 bits per heavy atom. The summed E-state index contributed by atoms with van der Waals surface area (Å²) in [6.45, 7) is 7.70. The van der Waals surface area contributed by atoms with Gasteiger partial charge in [-0.2, -0.15) is 0 Å². The first kappa shape index (κ1) is 16.7. The van der Waals surface area contributed by atoms with E-state index in [0.29, 0.717) is 18.5 Å². The Balaban J connectivity index is 1.95. The van der Waals surface area contributed by atoms with E-state index in [2.05, 4.69) is 22.1 Å². The van der Waals surface area contributed by atoms with E-state index in [0.717, 1.165) is 37.6 Å². The van der Waals surface area contributed by atoms with Gasteiger partial charge in [0.2, 0.25) is 0 Å². The molecule has 0 atom stereocenters. The number of aliphatic imine (C=N–C) groups is 1. The lowest BCUT2D eigenvalue weighted by atomic mass is 10.00. The summed E-state index contributed by atoms with van der Waals surface area (Å²) in [4.78, 5) is 6.88. The molecule has 2 rings (SSSR count). The first-order valence-corrected chi connectivity index (χ1v) is 8.06. The fourth-order valence-corrected chi connectivity index (χ4v) is 2.69. The van der Waals surface area contributed by atoms with Crippen molar-refractivity contribution in [2.45, 2.75) is 33.1 Å². The van der Waals surface area contributed by atoms with Crippen molar-refractivity contribution in [3.63, 3.8) is 0 Å². The minimum absolute atomic E-state index is 0.525. The molecule has 0 aromatic heterocycles. The topological polar surface area (TPSA) is 27.6 Å². The van der Waals surface area contributed by atoms with Crippen molar-refractivity contribution >= 4 is 5.96 Å². The molecule has 1 aromatic rings. The molecule has 0 aliphatic carbocycles. The number of nitrogens with zero attached hydrogens (tertiary/aromatic N) is 2. The van der Waals surface area contributed by atoms with Gasteiger partial charge in [0.15, 0.2) is 5.96 Å². The number of nitrogens with one attached hydrogen (secondary N) is 1. The SMILES string of the molecule is CCNC(=NCCc1cc(F)cc(F)c1)N1CCC(C)CC1. The molecule has 5 heteroatoms. The Kier molecular flexibility index (Phi) is 6.16. The Bertz CT molecular complexity index is 488. The molecule has 1 saturated heterocycles. The van der Waals surface area contributed by atoms with Gasteiger partial charge in [0.05, 0.1) is 0 Å². The van der Waals surface area contributed by atoms with Crippen LogP contribution < -0.4 is 5.32 Å².